The summed E-state index contributed by atoms with van der Waals surface area (Å²) >= 11 is 0. The van der Waals surface area contributed by atoms with Crippen molar-refractivity contribution in [2.75, 3.05) is 47.6 Å². The fourth-order valence-corrected chi connectivity index (χ4v) is 6.23. The van der Waals surface area contributed by atoms with E-state index in [9.17, 15) is 9.90 Å². The molecule has 1 N–H and O–H groups in total. The molecule has 4 aromatic carbocycles. The number of carbonyl (C=O) groups is 1. The summed E-state index contributed by atoms with van der Waals surface area (Å²) in [5, 5.41) is 14.7. The van der Waals surface area contributed by atoms with E-state index in [1.54, 1.807) is 42.1 Å². The molecule has 1 aliphatic heterocycles. The summed E-state index contributed by atoms with van der Waals surface area (Å²) in [6, 6.07) is 25.2. The van der Waals surface area contributed by atoms with Crippen LogP contribution in [0.25, 0.3) is 10.8 Å². The fraction of sp³-hybridized carbons (Fsp3) is 0.425. The lowest BCUT2D eigenvalue weighted by molar-refractivity contribution is -0.201. The third kappa shape index (κ3) is 10.0. The van der Waals surface area contributed by atoms with Crippen LogP contribution in [-0.4, -0.2) is 81.8 Å². The molecule has 11 nitrogen and oxygen atoms in total. The van der Waals surface area contributed by atoms with Gasteiger partial charge in [0.05, 0.1) is 73.1 Å². The predicted octanol–water partition coefficient (Wildman–Crippen LogP) is 7.06. The molecule has 3 atom stereocenters. The second-order valence-corrected chi connectivity index (χ2v) is 13.3. The molecule has 0 saturated carbocycles. The van der Waals surface area contributed by atoms with E-state index in [0.29, 0.717) is 43.5 Å². The molecular weight excluding hydrogens is 654 g/mol. The van der Waals surface area contributed by atoms with Crippen molar-refractivity contribution in [1.29, 1.82) is 0 Å². The molecule has 274 valence electrons. The lowest BCUT2D eigenvalue weighted by atomic mass is 9.85. The van der Waals surface area contributed by atoms with Crippen molar-refractivity contribution in [2.45, 2.75) is 64.1 Å². The highest BCUT2D eigenvalue weighted by Crippen LogP contribution is 2.39. The van der Waals surface area contributed by atoms with Gasteiger partial charge in [0, 0.05) is 34.2 Å². The molecule has 3 unspecified atom stereocenters. The Morgan fingerprint density at radius 1 is 0.804 bits per heavy atom. The van der Waals surface area contributed by atoms with Gasteiger partial charge in [-0.25, -0.2) is 4.79 Å². The number of nitrogens with zero attached hydrogens (tertiary/aromatic N) is 1. The van der Waals surface area contributed by atoms with Crippen molar-refractivity contribution in [2.24, 2.45) is 0 Å². The summed E-state index contributed by atoms with van der Waals surface area (Å²) in [6.45, 7) is 7.19. The molecule has 4 aromatic rings. The monoisotopic (exact) mass is 703 g/mol. The van der Waals surface area contributed by atoms with Crippen LogP contribution in [0.4, 0.5) is 4.79 Å². The van der Waals surface area contributed by atoms with Crippen molar-refractivity contribution in [1.82, 2.24) is 5.06 Å². The fourth-order valence-electron chi connectivity index (χ4n) is 6.23. The van der Waals surface area contributed by atoms with Gasteiger partial charge < -0.3 is 43.1 Å². The first-order valence-electron chi connectivity index (χ1n) is 17.1. The molecule has 0 radical (unpaired) electrons. The third-order valence-electron chi connectivity index (χ3n) is 8.51. The minimum absolute atomic E-state index is 0.0734. The molecule has 11 heteroatoms. The second-order valence-electron chi connectivity index (χ2n) is 13.3. The van der Waals surface area contributed by atoms with Gasteiger partial charge in [-0.2, -0.15) is 0 Å². The third-order valence-corrected chi connectivity index (χ3v) is 8.51. The zero-order chi connectivity index (χ0) is 36.4. The van der Waals surface area contributed by atoms with E-state index in [1.807, 2.05) is 78.9 Å². The average molecular weight is 704 g/mol. The maximum atomic E-state index is 12.6. The van der Waals surface area contributed by atoms with E-state index in [2.05, 4.69) is 0 Å². The number of rotatable bonds is 15. The van der Waals surface area contributed by atoms with E-state index in [0.717, 1.165) is 33.2 Å². The van der Waals surface area contributed by atoms with Crippen LogP contribution in [-0.2, 0) is 32.3 Å². The number of hydroxylamine groups is 2. The Kier molecular flexibility index (Phi) is 13.0. The van der Waals surface area contributed by atoms with Crippen LogP contribution >= 0.6 is 0 Å². The topological polar surface area (TPSA) is 114 Å². The summed E-state index contributed by atoms with van der Waals surface area (Å²) < 4.78 is 40.7. The highest BCUT2D eigenvalue weighted by molar-refractivity contribution is 5.94. The van der Waals surface area contributed by atoms with E-state index < -0.39 is 29.9 Å². The Morgan fingerprint density at radius 3 is 2.22 bits per heavy atom. The molecule has 0 bridgehead atoms. The zero-order valence-electron chi connectivity index (χ0n) is 30.3. The largest absolute Gasteiger partial charge is 0.528 e. The van der Waals surface area contributed by atoms with Crippen molar-refractivity contribution in [3.05, 3.63) is 95.6 Å². The van der Waals surface area contributed by atoms with Crippen LogP contribution in [0, 0.1) is 0 Å². The van der Waals surface area contributed by atoms with Crippen molar-refractivity contribution in [3.8, 4) is 23.0 Å². The average Bonchev–Trinajstić information content (AvgIpc) is 3.11. The van der Waals surface area contributed by atoms with Gasteiger partial charge in [0.15, 0.2) is 0 Å². The van der Waals surface area contributed by atoms with Gasteiger partial charge in [0.25, 0.3) is 0 Å². The van der Waals surface area contributed by atoms with Gasteiger partial charge in [-0.15, -0.1) is 5.06 Å². The summed E-state index contributed by atoms with van der Waals surface area (Å²) in [5.74, 6) is 2.44. The van der Waals surface area contributed by atoms with Crippen LogP contribution in [0.5, 0.6) is 23.0 Å². The van der Waals surface area contributed by atoms with Gasteiger partial charge in [-0.1, -0.05) is 54.6 Å². The number of fused-ring (bicyclic) bond motifs is 1. The van der Waals surface area contributed by atoms with Crippen LogP contribution in [0.1, 0.15) is 49.8 Å². The van der Waals surface area contributed by atoms with E-state index in [-0.39, 0.29) is 19.7 Å². The minimum atomic E-state index is -0.925. The Bertz CT molecular complexity index is 1720. The van der Waals surface area contributed by atoms with E-state index >= 15 is 0 Å². The smallest absolute Gasteiger partial charge is 0.496 e. The summed E-state index contributed by atoms with van der Waals surface area (Å²) in [5.41, 5.74) is 1.91. The first-order chi connectivity index (χ1) is 24.6. The zero-order valence-corrected chi connectivity index (χ0v) is 30.3. The maximum Gasteiger partial charge on any atom is 0.528 e. The second kappa shape index (κ2) is 17.6. The van der Waals surface area contributed by atoms with Gasteiger partial charge in [0.2, 0.25) is 0 Å². The number of ether oxygens (including phenoxy) is 7. The number of para-hydroxylation sites is 1. The summed E-state index contributed by atoms with van der Waals surface area (Å²) in [7, 11) is 4.90. The molecule has 1 heterocycles. The van der Waals surface area contributed by atoms with Gasteiger partial charge >= 0.3 is 6.16 Å². The van der Waals surface area contributed by atoms with E-state index in [4.69, 9.17) is 38.0 Å². The number of carbonyl (C=O) groups excluding carboxylic acids is 1. The lowest BCUT2D eigenvalue weighted by Crippen LogP contribution is -2.52. The molecule has 0 aromatic heterocycles. The SMILES string of the molecule is COc1ccccc1COCCCOc1ccc(C2C(O)CN(OC(=O)OC(C)(C)C)CC2OCc2cc(OC)c3ccccc3c2OC)cc1. The van der Waals surface area contributed by atoms with Crippen LogP contribution in [0.15, 0.2) is 78.9 Å². The molecular formula is C40H49NO10. The highest BCUT2D eigenvalue weighted by Gasteiger charge is 2.40. The first-order valence-corrected chi connectivity index (χ1v) is 17.1. The van der Waals surface area contributed by atoms with Crippen molar-refractivity contribution < 1.29 is 47.9 Å². The van der Waals surface area contributed by atoms with Gasteiger partial charge in [-0.3, -0.25) is 0 Å². The van der Waals surface area contributed by atoms with Crippen LogP contribution in [0.3, 0.4) is 0 Å². The molecule has 1 saturated heterocycles. The molecule has 1 aliphatic rings. The lowest BCUT2D eigenvalue weighted by Gasteiger charge is -2.40. The number of methoxy groups -OCH3 is 3. The maximum absolute atomic E-state index is 12.6. The van der Waals surface area contributed by atoms with Crippen LogP contribution < -0.4 is 18.9 Å². The normalized spacial score (nSPS) is 17.9. The predicted molar refractivity (Wildman–Crippen MR) is 192 cm³/mol. The molecule has 5 rings (SSSR count). The number of benzene rings is 4. The van der Waals surface area contributed by atoms with Gasteiger partial charge in [-0.05, 0) is 50.6 Å². The standard InChI is InChI=1S/C40H49NO10/c1-40(2,3)50-39(43)51-41-23-33(42)37(36(24-41)49-26-29-22-35(45-5)31-13-8-9-14-32(31)38(29)46-6)27-16-18-30(19-17-27)48-21-11-20-47-25-28-12-7-10-15-34(28)44-4/h7-10,12-19,22,33,36-37,42H,11,20-21,23-26H2,1-6H3. The molecule has 0 aliphatic carbocycles. The quantitative estimate of drug-likeness (QED) is 0.101. The number of hydrogen-bond donors (Lipinski definition) is 1. The summed E-state index contributed by atoms with van der Waals surface area (Å²) in [6.07, 6.45) is -1.64. The Balaban J connectivity index is 1.26. The van der Waals surface area contributed by atoms with Crippen molar-refractivity contribution in [3.63, 3.8) is 0 Å². The van der Waals surface area contributed by atoms with E-state index in [1.165, 1.54) is 5.06 Å². The number of piperidine rings is 1. The number of aliphatic hydroxyl groups excluding tert-OH is 1. The Labute approximate surface area is 299 Å². The minimum Gasteiger partial charge on any atom is -0.496 e. The Morgan fingerprint density at radius 2 is 1.51 bits per heavy atom. The number of hydrogen-bond acceptors (Lipinski definition) is 11. The molecule has 1 fully saturated rings. The summed E-state index contributed by atoms with van der Waals surface area (Å²) in [4.78, 5) is 18.1. The highest BCUT2D eigenvalue weighted by atomic mass is 16.8. The first kappa shape index (κ1) is 37.7. The van der Waals surface area contributed by atoms with Crippen LogP contribution in [0.2, 0.25) is 0 Å². The number of aliphatic hydroxyl groups is 1. The van der Waals surface area contributed by atoms with Crippen molar-refractivity contribution >= 4 is 16.9 Å². The number of β-amino-alcohol motifs (C(OH)–C–C–N with tert-alkyl or cyclic N) is 1. The molecule has 0 spiro atoms. The Hall–Kier alpha value is -4.55. The molecule has 51 heavy (non-hydrogen) atoms. The molecule has 0 amide bonds. The van der Waals surface area contributed by atoms with Gasteiger partial charge in [0.1, 0.15) is 28.6 Å².